The molecule has 3 rings (SSSR count). The highest BCUT2D eigenvalue weighted by Crippen LogP contribution is 2.39. The van der Waals surface area contributed by atoms with Gasteiger partial charge >= 0.3 is 11.9 Å². The highest BCUT2D eigenvalue weighted by Gasteiger charge is 2.59. The standard InChI is InChI=1S/C25H33NO10/c1-6-12-33-25(24(29)31-5)13-18(34-16(3)28)20(26-15(2)27)22(36-25)21-19(30-4)14-32-23(35-21)17-10-8-7-9-11-17/h6-11,18-23H,1,12-14H2,2-5H3,(H,26,27)/t18-,19?,20-,21?,22?,23?,25-/m1/s1. The van der Waals surface area contributed by atoms with Crippen LogP contribution in [0.2, 0.25) is 0 Å². The number of carbonyl (C=O) groups excluding carboxylic acids is 3. The first-order chi connectivity index (χ1) is 17.2. The van der Waals surface area contributed by atoms with Crippen molar-refractivity contribution in [1.82, 2.24) is 5.32 Å². The van der Waals surface area contributed by atoms with Crippen LogP contribution in [0.4, 0.5) is 0 Å². The lowest BCUT2D eigenvalue weighted by Gasteiger charge is -2.50. The molecule has 2 heterocycles. The molecule has 1 aromatic rings. The van der Waals surface area contributed by atoms with E-state index in [0.29, 0.717) is 0 Å². The van der Waals surface area contributed by atoms with Crippen molar-refractivity contribution in [2.45, 2.75) is 62.8 Å². The summed E-state index contributed by atoms with van der Waals surface area (Å²) in [6, 6.07) is 8.33. The summed E-state index contributed by atoms with van der Waals surface area (Å²) in [5.74, 6) is -3.82. The van der Waals surface area contributed by atoms with Gasteiger partial charge in [-0.1, -0.05) is 36.4 Å². The van der Waals surface area contributed by atoms with Crippen molar-refractivity contribution in [3.63, 3.8) is 0 Å². The van der Waals surface area contributed by atoms with E-state index in [1.807, 2.05) is 30.3 Å². The van der Waals surface area contributed by atoms with Gasteiger partial charge in [0.2, 0.25) is 5.91 Å². The minimum atomic E-state index is -1.97. The maximum Gasteiger partial charge on any atom is 0.366 e. The predicted molar refractivity (Wildman–Crippen MR) is 124 cm³/mol. The first kappa shape index (κ1) is 27.8. The van der Waals surface area contributed by atoms with Gasteiger partial charge in [-0.15, -0.1) is 6.58 Å². The normalized spacial score (nSPS) is 32.2. The Morgan fingerprint density at radius 2 is 1.86 bits per heavy atom. The largest absolute Gasteiger partial charge is 0.465 e. The predicted octanol–water partition coefficient (Wildman–Crippen LogP) is 1.41. The molecule has 198 valence electrons. The van der Waals surface area contributed by atoms with Crippen molar-refractivity contribution >= 4 is 17.8 Å². The average molecular weight is 508 g/mol. The van der Waals surface area contributed by atoms with Gasteiger partial charge < -0.3 is 38.5 Å². The van der Waals surface area contributed by atoms with Gasteiger partial charge in [0.25, 0.3) is 5.79 Å². The Morgan fingerprint density at radius 3 is 2.44 bits per heavy atom. The maximum atomic E-state index is 13.0. The SMILES string of the molecule is C=CCO[C@]1(C(=O)OC)C[C@@H](OC(C)=O)[C@@H](NC(C)=O)C(C2OC(c3ccccc3)OCC2OC)O1. The molecule has 0 saturated carbocycles. The molecule has 0 bridgehead atoms. The Hall–Kier alpha value is -2.83. The van der Waals surface area contributed by atoms with Crippen LogP contribution in [0.15, 0.2) is 43.0 Å². The van der Waals surface area contributed by atoms with Crippen molar-refractivity contribution < 1.29 is 47.5 Å². The Balaban J connectivity index is 2.07. The molecule has 1 N–H and O–H groups in total. The lowest BCUT2D eigenvalue weighted by molar-refractivity contribution is -0.342. The molecule has 7 atom stereocenters. The molecular formula is C25H33NO10. The van der Waals surface area contributed by atoms with Crippen LogP contribution in [-0.2, 0) is 47.5 Å². The van der Waals surface area contributed by atoms with E-state index in [4.69, 9.17) is 33.2 Å². The fourth-order valence-corrected chi connectivity index (χ4v) is 4.41. The Morgan fingerprint density at radius 1 is 1.14 bits per heavy atom. The maximum absolute atomic E-state index is 13.0. The zero-order valence-electron chi connectivity index (χ0n) is 20.8. The molecule has 1 aromatic carbocycles. The van der Waals surface area contributed by atoms with Crippen LogP contribution in [0.5, 0.6) is 0 Å². The van der Waals surface area contributed by atoms with Gasteiger partial charge in [0.05, 0.1) is 32.8 Å². The molecule has 0 radical (unpaired) electrons. The monoisotopic (exact) mass is 507 g/mol. The molecule has 2 fully saturated rings. The number of ether oxygens (including phenoxy) is 7. The number of carbonyl (C=O) groups is 3. The van der Waals surface area contributed by atoms with E-state index < -0.39 is 60.4 Å². The molecule has 11 heteroatoms. The second-order valence-electron chi connectivity index (χ2n) is 8.46. The minimum absolute atomic E-state index is 0.0611. The van der Waals surface area contributed by atoms with Gasteiger partial charge in [0.15, 0.2) is 6.29 Å². The van der Waals surface area contributed by atoms with E-state index in [2.05, 4.69) is 11.9 Å². The van der Waals surface area contributed by atoms with Crippen LogP contribution in [0.1, 0.15) is 32.1 Å². The Kier molecular flexibility index (Phi) is 9.57. The van der Waals surface area contributed by atoms with Gasteiger partial charge in [-0.25, -0.2) is 4.79 Å². The Bertz CT molecular complexity index is 925. The summed E-state index contributed by atoms with van der Waals surface area (Å²) in [4.78, 5) is 37.2. The summed E-state index contributed by atoms with van der Waals surface area (Å²) < 4.78 is 40.4. The third-order valence-electron chi connectivity index (χ3n) is 5.93. The molecular weight excluding hydrogens is 474 g/mol. The molecule has 2 aliphatic rings. The van der Waals surface area contributed by atoms with E-state index >= 15 is 0 Å². The van der Waals surface area contributed by atoms with Crippen molar-refractivity contribution in [2.24, 2.45) is 0 Å². The molecule has 2 aliphatic heterocycles. The molecule has 2 saturated heterocycles. The molecule has 11 nitrogen and oxygen atoms in total. The zero-order valence-corrected chi connectivity index (χ0v) is 20.8. The summed E-state index contributed by atoms with van der Waals surface area (Å²) in [5.41, 5.74) is 0.752. The van der Waals surface area contributed by atoms with Crippen LogP contribution >= 0.6 is 0 Å². The van der Waals surface area contributed by atoms with Crippen molar-refractivity contribution in [1.29, 1.82) is 0 Å². The summed E-state index contributed by atoms with van der Waals surface area (Å²) in [5, 5.41) is 2.79. The lowest BCUT2D eigenvalue weighted by Crippen LogP contribution is -2.69. The first-order valence-electron chi connectivity index (χ1n) is 11.5. The summed E-state index contributed by atoms with van der Waals surface area (Å²) in [7, 11) is 2.67. The molecule has 1 amide bonds. The van der Waals surface area contributed by atoms with Crippen LogP contribution in [0, 0.1) is 0 Å². The van der Waals surface area contributed by atoms with E-state index in [0.717, 1.165) is 5.56 Å². The quantitative estimate of drug-likeness (QED) is 0.387. The van der Waals surface area contributed by atoms with E-state index in [9.17, 15) is 14.4 Å². The third-order valence-corrected chi connectivity index (χ3v) is 5.93. The first-order valence-corrected chi connectivity index (χ1v) is 11.5. The summed E-state index contributed by atoms with van der Waals surface area (Å²) >= 11 is 0. The highest BCUT2D eigenvalue weighted by atomic mass is 16.8. The minimum Gasteiger partial charge on any atom is -0.465 e. The molecule has 0 aromatic heterocycles. The summed E-state index contributed by atoms with van der Waals surface area (Å²) in [6.07, 6.45) is -3.20. The fourth-order valence-electron chi connectivity index (χ4n) is 4.41. The fraction of sp³-hybridized carbons (Fsp3) is 0.560. The number of hydrogen-bond acceptors (Lipinski definition) is 10. The number of hydrogen-bond donors (Lipinski definition) is 1. The molecule has 4 unspecified atom stereocenters. The second-order valence-corrected chi connectivity index (χ2v) is 8.46. The van der Waals surface area contributed by atoms with Gasteiger partial charge in [-0.05, 0) is 0 Å². The van der Waals surface area contributed by atoms with Crippen LogP contribution in [-0.4, -0.2) is 81.5 Å². The number of nitrogens with one attached hydrogen (secondary N) is 1. The van der Waals surface area contributed by atoms with Crippen LogP contribution < -0.4 is 5.32 Å². The van der Waals surface area contributed by atoms with E-state index in [1.165, 1.54) is 34.1 Å². The number of benzene rings is 1. The van der Waals surface area contributed by atoms with Gasteiger partial charge in [-0.2, -0.15) is 0 Å². The molecule has 0 aliphatic carbocycles. The molecule has 0 spiro atoms. The summed E-state index contributed by atoms with van der Waals surface area (Å²) in [6.45, 7) is 6.25. The van der Waals surface area contributed by atoms with Crippen molar-refractivity contribution in [3.8, 4) is 0 Å². The third kappa shape index (κ3) is 6.29. The second kappa shape index (κ2) is 12.4. The van der Waals surface area contributed by atoms with Gasteiger partial charge in [0, 0.05) is 26.5 Å². The number of esters is 2. The lowest BCUT2D eigenvalue weighted by atomic mass is 9.87. The van der Waals surface area contributed by atoms with E-state index in [-0.39, 0.29) is 19.6 Å². The van der Waals surface area contributed by atoms with Crippen LogP contribution in [0.25, 0.3) is 0 Å². The Labute approximate surface area is 209 Å². The number of rotatable bonds is 9. The highest BCUT2D eigenvalue weighted by molar-refractivity contribution is 5.78. The van der Waals surface area contributed by atoms with Gasteiger partial charge in [-0.3, -0.25) is 9.59 Å². The number of amides is 1. The smallest absolute Gasteiger partial charge is 0.366 e. The van der Waals surface area contributed by atoms with Crippen molar-refractivity contribution in [2.75, 3.05) is 27.4 Å². The zero-order chi connectivity index (χ0) is 26.3. The average Bonchev–Trinajstić information content (AvgIpc) is 2.87. The van der Waals surface area contributed by atoms with E-state index in [1.54, 1.807) is 0 Å². The number of methoxy groups -OCH3 is 2. The topological polar surface area (TPSA) is 128 Å². The molecule has 36 heavy (non-hydrogen) atoms. The van der Waals surface area contributed by atoms with Crippen molar-refractivity contribution in [3.05, 3.63) is 48.6 Å². The van der Waals surface area contributed by atoms with Crippen LogP contribution in [0.3, 0.4) is 0 Å². The van der Waals surface area contributed by atoms with Gasteiger partial charge in [0.1, 0.15) is 24.4 Å².